The van der Waals surface area contributed by atoms with Crippen molar-refractivity contribution in [1.29, 1.82) is 0 Å². The second kappa shape index (κ2) is 17.3. The highest BCUT2D eigenvalue weighted by Crippen LogP contribution is 2.24. The van der Waals surface area contributed by atoms with E-state index in [4.69, 9.17) is 5.73 Å². The van der Waals surface area contributed by atoms with Crippen molar-refractivity contribution < 1.29 is 14.4 Å². The topological polar surface area (TPSA) is 166 Å². The number of rotatable bonds is 13. The summed E-state index contributed by atoms with van der Waals surface area (Å²) in [5, 5.41) is 18.1. The number of carbonyl (C=O) groups is 3. The van der Waals surface area contributed by atoms with Crippen LogP contribution in [0.2, 0.25) is 0 Å². The molecule has 0 fully saturated rings. The normalized spacial score (nSPS) is 11.9. The molecule has 12 heteroatoms. The number of guanidine groups is 1. The molecule has 6 aromatic rings. The number of aromatic amines is 1. The maximum Gasteiger partial charge on any atom is 0.255 e. The van der Waals surface area contributed by atoms with Crippen molar-refractivity contribution in [3.8, 4) is 0 Å². The van der Waals surface area contributed by atoms with Crippen LogP contribution in [-0.4, -0.2) is 60.9 Å². The van der Waals surface area contributed by atoms with Gasteiger partial charge in [0.1, 0.15) is 6.04 Å². The van der Waals surface area contributed by atoms with E-state index in [1.54, 1.807) is 24.3 Å². The van der Waals surface area contributed by atoms with Crippen molar-refractivity contribution in [1.82, 2.24) is 20.9 Å². The summed E-state index contributed by atoms with van der Waals surface area (Å²) in [4.78, 5) is 48.9. The Morgan fingerprint density at radius 1 is 0.769 bits per heavy atom. The number of carbonyl (C=O) groups excluding carboxylic acids is 3. The smallest absolute Gasteiger partial charge is 0.255 e. The average molecular weight is 760 g/mol. The molecule has 5 aromatic carbocycles. The Labute approximate surface area is 309 Å². The number of H-pyrrole nitrogens is 1. The fourth-order valence-corrected chi connectivity index (χ4v) is 6.13. The Hall–Kier alpha value is -5.98. The van der Waals surface area contributed by atoms with E-state index in [2.05, 4.69) is 52.5 Å². The summed E-state index contributed by atoms with van der Waals surface area (Å²) >= 11 is 3.46. The molecule has 0 unspecified atom stereocenters. The van der Waals surface area contributed by atoms with Crippen LogP contribution in [0.15, 0.2) is 131 Å². The predicted molar refractivity (Wildman–Crippen MR) is 212 cm³/mol. The van der Waals surface area contributed by atoms with Crippen molar-refractivity contribution in [3.05, 3.63) is 143 Å². The van der Waals surface area contributed by atoms with E-state index in [-0.39, 0.29) is 30.3 Å². The lowest BCUT2D eigenvalue weighted by atomic mass is 10.0. The van der Waals surface area contributed by atoms with Crippen LogP contribution in [0, 0.1) is 0 Å². The molecule has 0 aliphatic rings. The number of nitrogens with two attached hydrogens (primary N) is 1. The molecule has 1 atom stereocenters. The number of para-hydroxylation sites is 2. The lowest BCUT2D eigenvalue weighted by molar-refractivity contribution is -0.122. The van der Waals surface area contributed by atoms with Crippen LogP contribution in [0.3, 0.4) is 0 Å². The van der Waals surface area contributed by atoms with E-state index in [1.807, 2.05) is 97.2 Å². The second-order valence-electron chi connectivity index (χ2n) is 12.0. The van der Waals surface area contributed by atoms with Gasteiger partial charge in [0.2, 0.25) is 5.91 Å². The van der Waals surface area contributed by atoms with Gasteiger partial charge in [-0.25, -0.2) is 0 Å². The van der Waals surface area contributed by atoms with Crippen LogP contribution in [0.5, 0.6) is 0 Å². The molecule has 0 aliphatic heterocycles. The largest absolute Gasteiger partial charge is 0.361 e. The summed E-state index contributed by atoms with van der Waals surface area (Å²) < 4.78 is 0.640. The number of nitrogens with one attached hydrogen (secondary N) is 6. The van der Waals surface area contributed by atoms with Gasteiger partial charge in [-0.05, 0) is 64.9 Å². The van der Waals surface area contributed by atoms with E-state index in [0.717, 1.165) is 32.9 Å². The summed E-state index contributed by atoms with van der Waals surface area (Å²) in [5.74, 6) is -0.716. The number of aromatic nitrogens is 1. The van der Waals surface area contributed by atoms with Crippen molar-refractivity contribution in [2.24, 2.45) is 10.7 Å². The zero-order valence-corrected chi connectivity index (χ0v) is 29.9. The number of hydrogen-bond acceptors (Lipinski definition) is 5. The predicted octanol–water partition coefficient (Wildman–Crippen LogP) is 5.81. The van der Waals surface area contributed by atoms with E-state index >= 15 is 0 Å². The molecule has 8 N–H and O–H groups in total. The first-order valence-electron chi connectivity index (χ1n) is 16.9. The fraction of sp³-hybridized carbons (Fsp3) is 0.150. The maximum atomic E-state index is 14.0. The highest BCUT2D eigenvalue weighted by molar-refractivity contribution is 9.10. The molecule has 11 nitrogen and oxygen atoms in total. The number of halogens is 1. The average Bonchev–Trinajstić information content (AvgIpc) is 3.58. The molecular formula is C40H39BrN8O3. The number of hydrogen-bond donors (Lipinski definition) is 7. The van der Waals surface area contributed by atoms with Gasteiger partial charge >= 0.3 is 0 Å². The summed E-state index contributed by atoms with van der Waals surface area (Å²) in [7, 11) is 0. The summed E-state index contributed by atoms with van der Waals surface area (Å²) in [5.41, 5.74) is 9.30. The van der Waals surface area contributed by atoms with Gasteiger partial charge in [-0.2, -0.15) is 0 Å². The van der Waals surface area contributed by atoms with Crippen molar-refractivity contribution >= 4 is 72.7 Å². The lowest BCUT2D eigenvalue weighted by Crippen LogP contribution is -2.49. The van der Waals surface area contributed by atoms with Crippen LogP contribution in [-0.2, 0) is 11.2 Å². The Balaban J connectivity index is 1.17. The Morgan fingerprint density at radius 3 is 2.35 bits per heavy atom. The molecule has 1 heterocycles. The number of aliphatic imine (C=N–C) groups is 1. The maximum absolute atomic E-state index is 14.0. The van der Waals surface area contributed by atoms with E-state index in [1.165, 1.54) is 0 Å². The second-order valence-corrected chi connectivity index (χ2v) is 12.9. The Bertz CT molecular complexity index is 2220. The zero-order valence-electron chi connectivity index (χ0n) is 28.3. The highest BCUT2D eigenvalue weighted by Gasteiger charge is 2.25. The van der Waals surface area contributed by atoms with E-state index in [9.17, 15) is 14.4 Å². The fourth-order valence-electron chi connectivity index (χ4n) is 5.77. The molecule has 1 aromatic heterocycles. The van der Waals surface area contributed by atoms with Crippen LogP contribution < -0.4 is 32.3 Å². The van der Waals surface area contributed by atoms with E-state index in [0.29, 0.717) is 41.3 Å². The zero-order chi connectivity index (χ0) is 36.3. The van der Waals surface area contributed by atoms with Crippen LogP contribution in [0.4, 0.5) is 11.4 Å². The molecule has 0 bridgehead atoms. The van der Waals surface area contributed by atoms with Crippen LogP contribution in [0.25, 0.3) is 21.7 Å². The van der Waals surface area contributed by atoms with Gasteiger partial charge in [-0.1, -0.05) is 82.7 Å². The summed E-state index contributed by atoms with van der Waals surface area (Å²) in [6, 6.07) is 34.7. The van der Waals surface area contributed by atoms with Gasteiger partial charge in [0.25, 0.3) is 11.8 Å². The molecule has 0 spiro atoms. The highest BCUT2D eigenvalue weighted by atomic mass is 79.9. The molecule has 52 heavy (non-hydrogen) atoms. The molecule has 0 aliphatic carbocycles. The molecular weight excluding hydrogens is 720 g/mol. The molecule has 3 amide bonds. The standard InChI is InChI=1S/C40H39BrN8O3/c41-30-16-17-35(48-37(50)28-15-14-26-8-4-5-9-27(26)22-28)33(24-30)38(51)49-36(23-29-25-46-34-13-7-6-12-32(29)34)39(52)43-20-21-45-40(44-19-18-42)47-31-10-2-1-3-11-31/h1-17,22,24-25,36,46H,18-21,23,42H2,(H,43,52)(H,48,50)(H,49,51)(H2,44,45,47)/t36-/m0/s1. The quantitative estimate of drug-likeness (QED) is 0.0446. The van der Waals surface area contributed by atoms with E-state index < -0.39 is 11.9 Å². The minimum Gasteiger partial charge on any atom is -0.361 e. The SMILES string of the molecule is NCCN=C(NCCNC(=O)[C@H](Cc1c[nH]c2ccccc12)NC(=O)c1cc(Br)ccc1NC(=O)c1ccc2ccccc2c1)Nc1ccccc1. The minimum atomic E-state index is -0.942. The Kier molecular flexibility index (Phi) is 11.9. The monoisotopic (exact) mass is 758 g/mol. The number of anilines is 2. The molecule has 0 radical (unpaired) electrons. The third-order valence-corrected chi connectivity index (χ3v) is 8.85. The van der Waals surface area contributed by atoms with Gasteiger partial charge < -0.3 is 37.3 Å². The lowest BCUT2D eigenvalue weighted by Gasteiger charge is -2.20. The number of benzene rings is 5. The summed E-state index contributed by atoms with van der Waals surface area (Å²) in [6.45, 7) is 1.43. The number of nitrogens with zero attached hydrogens (tertiary/aromatic N) is 1. The van der Waals surface area contributed by atoms with Crippen LogP contribution >= 0.6 is 15.9 Å². The van der Waals surface area contributed by atoms with Gasteiger partial charge in [0, 0.05) is 58.9 Å². The van der Waals surface area contributed by atoms with Crippen molar-refractivity contribution in [2.75, 3.05) is 36.8 Å². The molecule has 0 saturated heterocycles. The minimum absolute atomic E-state index is 0.203. The summed E-state index contributed by atoms with van der Waals surface area (Å²) in [6.07, 6.45) is 2.07. The van der Waals surface area contributed by atoms with Crippen molar-refractivity contribution in [2.45, 2.75) is 12.5 Å². The molecule has 6 rings (SSSR count). The van der Waals surface area contributed by atoms with Gasteiger partial charge in [-0.3, -0.25) is 19.4 Å². The first-order chi connectivity index (χ1) is 25.4. The van der Waals surface area contributed by atoms with Crippen molar-refractivity contribution in [3.63, 3.8) is 0 Å². The van der Waals surface area contributed by atoms with Gasteiger partial charge in [-0.15, -0.1) is 0 Å². The Morgan fingerprint density at radius 2 is 1.52 bits per heavy atom. The third-order valence-electron chi connectivity index (χ3n) is 8.36. The third kappa shape index (κ3) is 9.22. The first-order valence-corrected chi connectivity index (χ1v) is 17.7. The number of fused-ring (bicyclic) bond motifs is 2. The number of amides is 3. The first kappa shape index (κ1) is 35.8. The molecule has 0 saturated carbocycles. The van der Waals surface area contributed by atoms with Gasteiger partial charge in [0.15, 0.2) is 5.96 Å². The van der Waals surface area contributed by atoms with Gasteiger partial charge in [0.05, 0.1) is 17.8 Å². The molecule has 264 valence electrons. The van der Waals surface area contributed by atoms with Crippen LogP contribution in [0.1, 0.15) is 26.3 Å².